The first-order valence-corrected chi connectivity index (χ1v) is 7.12. The van der Waals surface area contributed by atoms with E-state index in [4.69, 9.17) is 5.11 Å². The number of hydrogen-bond acceptors (Lipinski definition) is 4. The van der Waals surface area contributed by atoms with Gasteiger partial charge in [0.2, 0.25) is 0 Å². The molecule has 0 amide bonds. The van der Waals surface area contributed by atoms with Gasteiger partial charge in [-0.05, 0) is 18.9 Å². The maximum Gasteiger partial charge on any atom is 0.344 e. The molecular formula is C13H15N3O3S. The van der Waals surface area contributed by atoms with E-state index < -0.39 is 5.97 Å². The number of carbonyl (C=O) groups is 1. The molecule has 0 aliphatic heterocycles. The van der Waals surface area contributed by atoms with Crippen molar-refractivity contribution >= 4 is 17.7 Å². The van der Waals surface area contributed by atoms with Gasteiger partial charge in [0.25, 0.3) is 0 Å². The molecule has 2 aromatic rings. The Morgan fingerprint density at radius 2 is 2.15 bits per heavy atom. The molecular weight excluding hydrogens is 278 g/mol. The minimum absolute atomic E-state index is 0.0973. The maximum absolute atomic E-state index is 11.8. The van der Waals surface area contributed by atoms with Crippen LogP contribution in [0.25, 0.3) is 0 Å². The minimum atomic E-state index is -0.937. The van der Waals surface area contributed by atoms with Gasteiger partial charge in [-0.1, -0.05) is 42.1 Å². The van der Waals surface area contributed by atoms with Crippen LogP contribution in [-0.2, 0) is 11.2 Å². The highest BCUT2D eigenvalue weighted by Gasteiger charge is 2.16. The molecule has 2 rings (SSSR count). The van der Waals surface area contributed by atoms with Crippen LogP contribution in [0.1, 0.15) is 18.5 Å². The van der Waals surface area contributed by atoms with Gasteiger partial charge in [-0.25, -0.2) is 9.89 Å². The van der Waals surface area contributed by atoms with Crippen molar-refractivity contribution in [2.24, 2.45) is 0 Å². The Hall–Kier alpha value is -2.02. The fourth-order valence-electron chi connectivity index (χ4n) is 1.95. The Labute approximate surface area is 119 Å². The number of aromatic nitrogens is 3. The van der Waals surface area contributed by atoms with Crippen molar-refractivity contribution in [2.45, 2.75) is 24.5 Å². The third-order valence-corrected chi connectivity index (χ3v) is 3.75. The topological polar surface area (TPSA) is 88.0 Å². The molecule has 1 heterocycles. The molecule has 0 saturated heterocycles. The third-order valence-electron chi connectivity index (χ3n) is 2.81. The fourth-order valence-corrected chi connectivity index (χ4v) is 2.72. The van der Waals surface area contributed by atoms with Gasteiger partial charge < -0.3 is 5.11 Å². The molecule has 2 N–H and O–H groups in total. The molecule has 106 valence electrons. The number of rotatable bonds is 6. The van der Waals surface area contributed by atoms with E-state index in [0.29, 0.717) is 11.6 Å². The lowest BCUT2D eigenvalue weighted by Crippen LogP contribution is -2.23. The Kier molecular flexibility index (Phi) is 4.62. The number of nitrogens with one attached hydrogen (secondary N) is 1. The largest absolute Gasteiger partial charge is 0.481 e. The molecule has 0 spiro atoms. The van der Waals surface area contributed by atoms with Crippen molar-refractivity contribution in [1.29, 1.82) is 0 Å². The molecule has 1 aromatic heterocycles. The summed E-state index contributed by atoms with van der Waals surface area (Å²) in [6.45, 7) is 1.91. The fraction of sp³-hybridized carbons (Fsp3) is 0.308. The zero-order valence-corrected chi connectivity index (χ0v) is 11.8. The number of aliphatic carboxylic acids is 1. The van der Waals surface area contributed by atoms with Gasteiger partial charge >= 0.3 is 11.7 Å². The first-order valence-electron chi connectivity index (χ1n) is 6.13. The summed E-state index contributed by atoms with van der Waals surface area (Å²) >= 11 is 1.04. The molecule has 0 aliphatic rings. The van der Waals surface area contributed by atoms with E-state index in [2.05, 4.69) is 10.2 Å². The summed E-state index contributed by atoms with van der Waals surface area (Å²) in [4.78, 5) is 22.4. The average molecular weight is 293 g/mol. The number of thioether (sulfide) groups is 1. The lowest BCUT2D eigenvalue weighted by molar-refractivity contribution is -0.133. The van der Waals surface area contributed by atoms with Crippen LogP contribution in [0.4, 0.5) is 0 Å². The quantitative estimate of drug-likeness (QED) is 0.789. The molecule has 20 heavy (non-hydrogen) atoms. The molecule has 0 fully saturated rings. The van der Waals surface area contributed by atoms with Crippen LogP contribution < -0.4 is 5.69 Å². The van der Waals surface area contributed by atoms with Crippen LogP contribution in [-0.4, -0.2) is 31.6 Å². The third kappa shape index (κ3) is 3.51. The Balaban J connectivity index is 2.16. The van der Waals surface area contributed by atoms with Gasteiger partial charge in [-0.15, -0.1) is 5.10 Å². The summed E-state index contributed by atoms with van der Waals surface area (Å²) in [7, 11) is 0. The summed E-state index contributed by atoms with van der Waals surface area (Å²) in [5.74, 6) is -1.06. The normalized spacial score (nSPS) is 12.2. The van der Waals surface area contributed by atoms with E-state index in [0.717, 1.165) is 17.3 Å². The summed E-state index contributed by atoms with van der Waals surface area (Å²) in [5.41, 5.74) is 0.795. The van der Waals surface area contributed by atoms with E-state index in [1.165, 1.54) is 4.57 Å². The Morgan fingerprint density at radius 3 is 2.80 bits per heavy atom. The lowest BCUT2D eigenvalue weighted by Gasteiger charge is -2.14. The van der Waals surface area contributed by atoms with Gasteiger partial charge in [0.05, 0.1) is 5.75 Å². The van der Waals surface area contributed by atoms with Gasteiger partial charge in [0, 0.05) is 6.04 Å². The van der Waals surface area contributed by atoms with Crippen LogP contribution >= 0.6 is 11.8 Å². The average Bonchev–Trinajstić information content (AvgIpc) is 2.78. The number of H-pyrrole nitrogens is 1. The smallest absolute Gasteiger partial charge is 0.344 e. The number of carboxylic acids is 1. The highest BCUT2D eigenvalue weighted by atomic mass is 32.2. The molecule has 6 nitrogen and oxygen atoms in total. The van der Waals surface area contributed by atoms with Gasteiger partial charge in [-0.2, -0.15) is 0 Å². The number of benzene rings is 1. The summed E-state index contributed by atoms with van der Waals surface area (Å²) in [6.07, 6.45) is 0.681. The second kappa shape index (κ2) is 6.42. The molecule has 1 unspecified atom stereocenters. The zero-order chi connectivity index (χ0) is 14.5. The van der Waals surface area contributed by atoms with E-state index >= 15 is 0 Å². The number of aromatic amines is 1. The Bertz CT molecular complexity index is 636. The van der Waals surface area contributed by atoms with Crippen molar-refractivity contribution < 1.29 is 9.90 Å². The van der Waals surface area contributed by atoms with Crippen LogP contribution in [0.3, 0.4) is 0 Å². The van der Waals surface area contributed by atoms with Gasteiger partial charge in [-0.3, -0.25) is 9.36 Å². The SMILES string of the molecule is CC(Cc1ccccc1)n1c(SCC(=O)O)n[nH]c1=O. The number of hydrogen-bond donors (Lipinski definition) is 2. The first kappa shape index (κ1) is 14.4. The lowest BCUT2D eigenvalue weighted by atomic mass is 10.1. The summed E-state index contributed by atoms with van der Waals surface area (Å²) < 4.78 is 1.50. The van der Waals surface area contributed by atoms with Crippen LogP contribution in [0.15, 0.2) is 40.3 Å². The van der Waals surface area contributed by atoms with Crippen molar-refractivity contribution in [3.05, 3.63) is 46.4 Å². The van der Waals surface area contributed by atoms with E-state index in [1.807, 2.05) is 37.3 Å². The molecule has 1 aromatic carbocycles. The second-order valence-electron chi connectivity index (χ2n) is 4.40. The van der Waals surface area contributed by atoms with Crippen molar-refractivity contribution in [3.63, 3.8) is 0 Å². The minimum Gasteiger partial charge on any atom is -0.481 e. The van der Waals surface area contributed by atoms with E-state index in [-0.39, 0.29) is 17.5 Å². The molecule has 0 radical (unpaired) electrons. The molecule has 7 heteroatoms. The van der Waals surface area contributed by atoms with E-state index in [1.54, 1.807) is 0 Å². The maximum atomic E-state index is 11.8. The van der Waals surface area contributed by atoms with Crippen molar-refractivity contribution in [1.82, 2.24) is 14.8 Å². The standard InChI is InChI=1S/C13H15N3O3S/c1-9(7-10-5-3-2-4-6-10)16-12(19)14-15-13(16)20-8-11(17)18/h2-6,9H,7-8H2,1H3,(H,14,19)(H,17,18). The molecule has 0 bridgehead atoms. The Morgan fingerprint density at radius 1 is 1.45 bits per heavy atom. The summed E-state index contributed by atoms with van der Waals surface area (Å²) in [6, 6.07) is 9.71. The van der Waals surface area contributed by atoms with Crippen molar-refractivity contribution in [3.8, 4) is 0 Å². The zero-order valence-electron chi connectivity index (χ0n) is 10.9. The van der Waals surface area contributed by atoms with Crippen LogP contribution in [0.5, 0.6) is 0 Å². The number of carboxylic acid groups (broad SMARTS) is 1. The van der Waals surface area contributed by atoms with Gasteiger partial charge in [0.1, 0.15) is 0 Å². The first-order chi connectivity index (χ1) is 9.58. The summed E-state index contributed by atoms with van der Waals surface area (Å²) in [5, 5.41) is 15.4. The van der Waals surface area contributed by atoms with E-state index in [9.17, 15) is 9.59 Å². The van der Waals surface area contributed by atoms with Gasteiger partial charge in [0.15, 0.2) is 5.16 Å². The molecule has 1 atom stereocenters. The number of nitrogens with zero attached hydrogens (tertiary/aromatic N) is 2. The second-order valence-corrected chi connectivity index (χ2v) is 5.34. The highest BCUT2D eigenvalue weighted by Crippen LogP contribution is 2.19. The van der Waals surface area contributed by atoms with Crippen LogP contribution in [0.2, 0.25) is 0 Å². The van der Waals surface area contributed by atoms with Crippen molar-refractivity contribution in [2.75, 3.05) is 5.75 Å². The molecule has 0 aliphatic carbocycles. The predicted octanol–water partition coefficient (Wildman–Crippen LogP) is 1.55. The predicted molar refractivity (Wildman–Crippen MR) is 76.1 cm³/mol. The van der Waals surface area contributed by atoms with Crippen LogP contribution in [0, 0.1) is 0 Å². The molecule has 0 saturated carbocycles. The highest BCUT2D eigenvalue weighted by molar-refractivity contribution is 7.99. The monoisotopic (exact) mass is 293 g/mol.